The molecule has 0 saturated carbocycles. The molecule has 0 spiro atoms. The Balaban J connectivity index is 1.98. The number of anilines is 1. The van der Waals surface area contributed by atoms with E-state index in [1.807, 2.05) is 13.0 Å². The molecule has 0 radical (unpaired) electrons. The van der Waals surface area contributed by atoms with Crippen LogP contribution in [0, 0.1) is 0 Å². The van der Waals surface area contributed by atoms with Crippen LogP contribution in [-0.2, 0) is 16.8 Å². The van der Waals surface area contributed by atoms with Crippen LogP contribution in [-0.4, -0.2) is 21.9 Å². The molecule has 0 saturated heterocycles. The molecule has 0 aliphatic carbocycles. The summed E-state index contributed by atoms with van der Waals surface area (Å²) in [5, 5.41) is 23.2. The minimum Gasteiger partial charge on any atom is -0.507 e. The second-order valence-corrected chi connectivity index (χ2v) is 5.66. The number of para-hydroxylation sites is 1. The van der Waals surface area contributed by atoms with E-state index >= 15 is 0 Å². The molecule has 23 heavy (non-hydrogen) atoms. The molecular formula is C18H17NO4. The number of phenolic OH excluding ortho intramolecular Hbond substituents is 1. The first kappa shape index (κ1) is 15.2. The highest BCUT2D eigenvalue weighted by molar-refractivity contribution is 6.10. The Morgan fingerprint density at radius 2 is 1.96 bits per heavy atom. The van der Waals surface area contributed by atoms with Crippen LogP contribution in [0.3, 0.4) is 0 Å². The molecule has 1 amide bonds. The maximum Gasteiger partial charge on any atom is 0.261 e. The lowest BCUT2D eigenvalue weighted by Gasteiger charge is -2.20. The van der Waals surface area contributed by atoms with Crippen LogP contribution in [0.15, 0.2) is 42.5 Å². The Labute approximate surface area is 133 Å². The van der Waals surface area contributed by atoms with Gasteiger partial charge in [-0.2, -0.15) is 0 Å². The maximum absolute atomic E-state index is 12.4. The number of hydrogen-bond donors (Lipinski definition) is 3. The van der Waals surface area contributed by atoms with Crippen LogP contribution < -0.4 is 5.32 Å². The van der Waals surface area contributed by atoms with Crippen LogP contribution in [0.4, 0.5) is 5.69 Å². The number of nitrogens with one attached hydrogen (secondary N) is 1. The topological polar surface area (TPSA) is 86.6 Å². The van der Waals surface area contributed by atoms with Crippen molar-refractivity contribution in [3.63, 3.8) is 0 Å². The van der Waals surface area contributed by atoms with E-state index in [2.05, 4.69) is 5.32 Å². The van der Waals surface area contributed by atoms with Gasteiger partial charge in [0.2, 0.25) is 0 Å². The van der Waals surface area contributed by atoms with Gasteiger partial charge in [0.05, 0.1) is 12.0 Å². The van der Waals surface area contributed by atoms with E-state index in [4.69, 9.17) is 0 Å². The van der Waals surface area contributed by atoms with Crippen LogP contribution in [0.5, 0.6) is 5.75 Å². The number of benzene rings is 2. The van der Waals surface area contributed by atoms with E-state index in [1.165, 1.54) is 12.1 Å². The molecule has 0 unspecified atom stereocenters. The third-order valence-electron chi connectivity index (χ3n) is 4.18. The first-order valence-corrected chi connectivity index (χ1v) is 7.44. The summed E-state index contributed by atoms with van der Waals surface area (Å²) >= 11 is 0. The lowest BCUT2D eigenvalue weighted by atomic mass is 9.87. The molecule has 0 fully saturated rings. The summed E-state index contributed by atoms with van der Waals surface area (Å²) in [6.45, 7) is 1.97. The Morgan fingerprint density at radius 1 is 1.22 bits per heavy atom. The summed E-state index contributed by atoms with van der Waals surface area (Å²) in [5.41, 5.74) is 0.0628. The van der Waals surface area contributed by atoms with E-state index in [0.717, 1.165) is 12.0 Å². The Bertz CT molecular complexity index is 799. The number of fused-ring (bicyclic) bond motifs is 1. The number of Topliss-reactive ketones (excluding diaryl/α,β-unsaturated/α-hetero) is 1. The molecule has 1 aliphatic heterocycles. The predicted octanol–water partition coefficient (Wildman–Crippen LogP) is 2.37. The highest BCUT2D eigenvalue weighted by atomic mass is 16.3. The van der Waals surface area contributed by atoms with Gasteiger partial charge >= 0.3 is 0 Å². The number of aryl methyl sites for hydroxylation is 1. The van der Waals surface area contributed by atoms with Gasteiger partial charge in [-0.1, -0.05) is 31.2 Å². The van der Waals surface area contributed by atoms with Crippen molar-refractivity contribution >= 4 is 17.4 Å². The fraction of sp³-hybridized carbons (Fsp3) is 0.222. The Kier molecular flexibility index (Phi) is 3.66. The normalized spacial score (nSPS) is 19.3. The second kappa shape index (κ2) is 5.52. The summed E-state index contributed by atoms with van der Waals surface area (Å²) in [4.78, 5) is 24.7. The fourth-order valence-corrected chi connectivity index (χ4v) is 2.82. The van der Waals surface area contributed by atoms with Gasteiger partial charge in [-0.3, -0.25) is 9.59 Å². The van der Waals surface area contributed by atoms with Crippen molar-refractivity contribution in [2.75, 3.05) is 5.32 Å². The quantitative estimate of drug-likeness (QED) is 0.757. The molecule has 1 aliphatic rings. The fourth-order valence-electron chi connectivity index (χ4n) is 2.82. The molecule has 3 N–H and O–H groups in total. The van der Waals surface area contributed by atoms with Crippen molar-refractivity contribution in [3.05, 3.63) is 59.2 Å². The minimum atomic E-state index is -1.92. The van der Waals surface area contributed by atoms with Crippen molar-refractivity contribution in [2.45, 2.75) is 25.4 Å². The second-order valence-electron chi connectivity index (χ2n) is 5.66. The number of hydrogen-bond acceptors (Lipinski definition) is 4. The number of phenols is 1. The number of aliphatic hydroxyl groups is 1. The van der Waals surface area contributed by atoms with Gasteiger partial charge < -0.3 is 15.5 Å². The molecule has 5 nitrogen and oxygen atoms in total. The van der Waals surface area contributed by atoms with Crippen molar-refractivity contribution in [1.29, 1.82) is 0 Å². The predicted molar refractivity (Wildman–Crippen MR) is 85.4 cm³/mol. The number of rotatable bonds is 4. The Morgan fingerprint density at radius 3 is 2.65 bits per heavy atom. The molecule has 0 aromatic heterocycles. The van der Waals surface area contributed by atoms with Crippen molar-refractivity contribution in [2.24, 2.45) is 0 Å². The van der Waals surface area contributed by atoms with Crippen LogP contribution in [0.1, 0.15) is 34.8 Å². The van der Waals surface area contributed by atoms with Crippen molar-refractivity contribution < 1.29 is 19.8 Å². The highest BCUT2D eigenvalue weighted by Gasteiger charge is 2.47. The monoisotopic (exact) mass is 311 g/mol. The van der Waals surface area contributed by atoms with Crippen LogP contribution in [0.2, 0.25) is 0 Å². The molecular weight excluding hydrogens is 294 g/mol. The van der Waals surface area contributed by atoms with Crippen LogP contribution in [0.25, 0.3) is 0 Å². The summed E-state index contributed by atoms with van der Waals surface area (Å²) < 4.78 is 0. The number of carbonyl (C=O) groups excluding carboxylic acids is 2. The van der Waals surface area contributed by atoms with Gasteiger partial charge in [0.1, 0.15) is 5.75 Å². The van der Waals surface area contributed by atoms with Crippen molar-refractivity contribution in [1.82, 2.24) is 0 Å². The Hall–Kier alpha value is -2.66. The lowest BCUT2D eigenvalue weighted by molar-refractivity contribution is -0.133. The molecule has 2 aromatic rings. The summed E-state index contributed by atoms with van der Waals surface area (Å²) in [6, 6.07) is 11.4. The standard InChI is InChI=1S/C18H17NO4/c1-2-11-7-8-14-13(9-11)18(23,17(22)19-14)10-16(21)12-5-3-4-6-15(12)20/h3-9,20,23H,2,10H2,1H3,(H,19,22)/t18-/m0/s1. The number of amides is 1. The zero-order valence-electron chi connectivity index (χ0n) is 12.7. The number of ketones is 1. The first-order valence-electron chi connectivity index (χ1n) is 7.44. The molecule has 1 atom stereocenters. The van der Waals surface area contributed by atoms with Crippen LogP contribution >= 0.6 is 0 Å². The van der Waals surface area contributed by atoms with Gasteiger partial charge in [0.15, 0.2) is 11.4 Å². The van der Waals surface area contributed by atoms with Gasteiger partial charge in [-0.25, -0.2) is 0 Å². The number of aromatic hydroxyl groups is 1. The van der Waals surface area contributed by atoms with Gasteiger partial charge in [-0.15, -0.1) is 0 Å². The van der Waals surface area contributed by atoms with Gasteiger partial charge in [0, 0.05) is 11.3 Å². The molecule has 0 bridgehead atoms. The maximum atomic E-state index is 12.4. The van der Waals surface area contributed by atoms with Gasteiger partial charge in [0.25, 0.3) is 5.91 Å². The largest absolute Gasteiger partial charge is 0.507 e. The number of carbonyl (C=O) groups is 2. The van der Waals surface area contributed by atoms with E-state index in [0.29, 0.717) is 11.3 Å². The zero-order valence-corrected chi connectivity index (χ0v) is 12.7. The van der Waals surface area contributed by atoms with E-state index in [-0.39, 0.29) is 11.3 Å². The molecule has 118 valence electrons. The summed E-state index contributed by atoms with van der Waals surface area (Å²) in [6.07, 6.45) is 0.335. The minimum absolute atomic E-state index is 0.0915. The molecule has 3 rings (SSSR count). The first-order chi connectivity index (χ1) is 11.0. The average Bonchev–Trinajstić information content (AvgIpc) is 2.78. The average molecular weight is 311 g/mol. The highest BCUT2D eigenvalue weighted by Crippen LogP contribution is 2.40. The third-order valence-corrected chi connectivity index (χ3v) is 4.18. The lowest BCUT2D eigenvalue weighted by Crippen LogP contribution is -2.36. The molecule has 2 aromatic carbocycles. The summed E-state index contributed by atoms with van der Waals surface area (Å²) in [7, 11) is 0. The van der Waals surface area contributed by atoms with E-state index in [1.54, 1.807) is 24.3 Å². The molecule has 1 heterocycles. The zero-order chi connectivity index (χ0) is 16.6. The van der Waals surface area contributed by atoms with Crippen molar-refractivity contribution in [3.8, 4) is 5.75 Å². The van der Waals surface area contributed by atoms with E-state index in [9.17, 15) is 19.8 Å². The smallest absolute Gasteiger partial charge is 0.261 e. The SMILES string of the molecule is CCc1ccc2c(c1)[C@@](O)(CC(=O)c1ccccc1O)C(=O)N2. The van der Waals surface area contributed by atoms with Gasteiger partial charge in [-0.05, 0) is 30.2 Å². The van der Waals surface area contributed by atoms with E-state index < -0.39 is 23.7 Å². The summed E-state index contributed by atoms with van der Waals surface area (Å²) in [5.74, 6) is -1.28. The molecule has 5 heteroatoms. The third kappa shape index (κ3) is 2.49.